The summed E-state index contributed by atoms with van der Waals surface area (Å²) in [6, 6.07) is 18.4. The molecule has 1 aliphatic rings. The quantitative estimate of drug-likeness (QED) is 0.456. The average Bonchev–Trinajstić information content (AvgIpc) is 2.81. The summed E-state index contributed by atoms with van der Waals surface area (Å²) in [6.07, 6.45) is 1.37. The average molecular weight is 446 g/mol. The second-order valence-corrected chi connectivity index (χ2v) is 7.12. The van der Waals surface area contributed by atoms with E-state index >= 15 is 0 Å². The van der Waals surface area contributed by atoms with Crippen LogP contribution in [0, 0.1) is 5.82 Å². The van der Waals surface area contributed by atoms with Crippen molar-refractivity contribution < 1.29 is 28.2 Å². The summed E-state index contributed by atoms with van der Waals surface area (Å²) in [4.78, 5) is 38.5. The van der Waals surface area contributed by atoms with Gasteiger partial charge in [-0.3, -0.25) is 14.9 Å². The van der Waals surface area contributed by atoms with Gasteiger partial charge in [0.2, 0.25) is 0 Å². The predicted molar refractivity (Wildman–Crippen MR) is 119 cm³/mol. The molecule has 33 heavy (non-hydrogen) atoms. The number of amides is 4. The Hall–Kier alpha value is -4.46. The smallest absolute Gasteiger partial charge is 0.335 e. The number of para-hydroxylation sites is 1. The molecule has 3 aromatic rings. The van der Waals surface area contributed by atoms with E-state index in [1.165, 1.54) is 25.3 Å². The summed E-state index contributed by atoms with van der Waals surface area (Å²) < 4.78 is 24.5. The molecule has 8 heteroatoms. The Morgan fingerprint density at radius 2 is 1.73 bits per heavy atom. The van der Waals surface area contributed by atoms with E-state index in [1.54, 1.807) is 60.7 Å². The lowest BCUT2D eigenvalue weighted by Crippen LogP contribution is -2.54. The third kappa shape index (κ3) is 4.74. The monoisotopic (exact) mass is 446 g/mol. The van der Waals surface area contributed by atoms with E-state index in [0.717, 1.165) is 4.90 Å². The van der Waals surface area contributed by atoms with Gasteiger partial charge in [-0.2, -0.15) is 0 Å². The first-order valence-corrected chi connectivity index (χ1v) is 9.98. The molecule has 0 aliphatic carbocycles. The van der Waals surface area contributed by atoms with E-state index < -0.39 is 17.8 Å². The number of halogens is 1. The molecule has 3 aromatic carbocycles. The third-order valence-electron chi connectivity index (χ3n) is 4.90. The number of anilines is 1. The molecule has 0 atom stereocenters. The number of nitrogens with zero attached hydrogens (tertiary/aromatic N) is 1. The van der Waals surface area contributed by atoms with Gasteiger partial charge in [0, 0.05) is 0 Å². The van der Waals surface area contributed by atoms with Crippen LogP contribution >= 0.6 is 0 Å². The van der Waals surface area contributed by atoms with E-state index in [0.29, 0.717) is 28.3 Å². The van der Waals surface area contributed by atoms with E-state index in [4.69, 9.17) is 9.47 Å². The van der Waals surface area contributed by atoms with Gasteiger partial charge >= 0.3 is 6.03 Å². The van der Waals surface area contributed by atoms with Gasteiger partial charge in [0.05, 0.1) is 12.8 Å². The van der Waals surface area contributed by atoms with Crippen LogP contribution in [-0.2, 0) is 16.2 Å². The maximum atomic E-state index is 13.4. The van der Waals surface area contributed by atoms with E-state index in [1.807, 2.05) is 0 Å². The summed E-state index contributed by atoms with van der Waals surface area (Å²) in [7, 11) is 1.45. The first kappa shape index (κ1) is 21.8. The number of urea groups is 1. The fourth-order valence-corrected chi connectivity index (χ4v) is 3.32. The molecule has 1 saturated heterocycles. The van der Waals surface area contributed by atoms with Gasteiger partial charge in [0.25, 0.3) is 11.8 Å². The second kappa shape index (κ2) is 9.35. The first-order valence-electron chi connectivity index (χ1n) is 9.98. The molecule has 4 rings (SSSR count). The van der Waals surface area contributed by atoms with Crippen molar-refractivity contribution in [2.75, 3.05) is 12.0 Å². The zero-order valence-corrected chi connectivity index (χ0v) is 17.6. The van der Waals surface area contributed by atoms with Crippen molar-refractivity contribution in [3.63, 3.8) is 0 Å². The van der Waals surface area contributed by atoms with E-state index in [9.17, 15) is 18.8 Å². The maximum absolute atomic E-state index is 13.4. The van der Waals surface area contributed by atoms with Crippen molar-refractivity contribution in [1.29, 1.82) is 0 Å². The molecule has 0 spiro atoms. The van der Waals surface area contributed by atoms with Crippen molar-refractivity contribution in [3.05, 3.63) is 95.3 Å². The number of imide groups is 2. The summed E-state index contributed by atoms with van der Waals surface area (Å²) in [5.74, 6) is -1.11. The number of nitrogens with one attached hydrogen (secondary N) is 1. The molecule has 0 saturated carbocycles. The number of hydrogen-bond donors (Lipinski definition) is 1. The Bertz CT molecular complexity index is 1260. The van der Waals surface area contributed by atoms with Crippen molar-refractivity contribution in [2.45, 2.75) is 6.61 Å². The summed E-state index contributed by atoms with van der Waals surface area (Å²) >= 11 is 0. The second-order valence-electron chi connectivity index (χ2n) is 7.12. The lowest BCUT2D eigenvalue weighted by atomic mass is 10.1. The van der Waals surface area contributed by atoms with Crippen LogP contribution in [0.15, 0.2) is 78.4 Å². The van der Waals surface area contributed by atoms with Crippen LogP contribution in [0.3, 0.4) is 0 Å². The molecule has 1 N–H and O–H groups in total. The highest BCUT2D eigenvalue weighted by Crippen LogP contribution is 2.30. The molecule has 1 aliphatic heterocycles. The van der Waals surface area contributed by atoms with Crippen LogP contribution in [0.2, 0.25) is 0 Å². The number of methoxy groups -OCH3 is 1. The number of carbonyl (C=O) groups excluding carboxylic acids is 3. The fraction of sp³-hybridized carbons (Fsp3) is 0.0800. The predicted octanol–water partition coefficient (Wildman–Crippen LogP) is 4.08. The van der Waals surface area contributed by atoms with E-state index in [-0.39, 0.29) is 18.0 Å². The highest BCUT2D eigenvalue weighted by molar-refractivity contribution is 6.39. The Kier molecular flexibility index (Phi) is 6.17. The van der Waals surface area contributed by atoms with Gasteiger partial charge < -0.3 is 9.47 Å². The maximum Gasteiger partial charge on any atom is 0.335 e. The summed E-state index contributed by atoms with van der Waals surface area (Å²) in [5, 5.41) is 2.18. The largest absolute Gasteiger partial charge is 0.493 e. The van der Waals surface area contributed by atoms with Crippen LogP contribution in [0.25, 0.3) is 6.08 Å². The molecule has 166 valence electrons. The Balaban J connectivity index is 1.59. The van der Waals surface area contributed by atoms with Crippen molar-refractivity contribution in [2.24, 2.45) is 0 Å². The zero-order valence-electron chi connectivity index (χ0n) is 17.6. The van der Waals surface area contributed by atoms with Crippen LogP contribution in [-0.4, -0.2) is 25.0 Å². The summed E-state index contributed by atoms with van der Waals surface area (Å²) in [6.45, 7) is 0.129. The van der Waals surface area contributed by atoms with Gasteiger partial charge in [0.1, 0.15) is 18.0 Å². The van der Waals surface area contributed by atoms with Crippen LogP contribution in [0.5, 0.6) is 11.5 Å². The minimum absolute atomic E-state index is 0.129. The zero-order chi connectivity index (χ0) is 23.4. The lowest BCUT2D eigenvalue weighted by Gasteiger charge is -2.26. The van der Waals surface area contributed by atoms with Crippen LogP contribution in [0.4, 0.5) is 14.9 Å². The van der Waals surface area contributed by atoms with Crippen molar-refractivity contribution in [3.8, 4) is 11.5 Å². The van der Waals surface area contributed by atoms with E-state index in [2.05, 4.69) is 5.32 Å². The van der Waals surface area contributed by atoms with Gasteiger partial charge in [-0.25, -0.2) is 14.1 Å². The number of carbonyl (C=O) groups is 3. The number of barbiturate groups is 1. The molecule has 0 bridgehead atoms. The minimum atomic E-state index is -0.813. The normalized spacial score (nSPS) is 14.9. The standard InChI is InChI=1S/C25H19FN2O5/c1-32-22-14-16(10-11-21(22)33-15-17-6-5-7-18(26)12-17)13-20-23(29)27-25(31)28(24(20)30)19-8-3-2-4-9-19/h2-14H,15H2,1H3,(H,27,29,31)/b20-13+. The Labute approximate surface area is 189 Å². The molecule has 1 heterocycles. The molecular weight excluding hydrogens is 427 g/mol. The molecule has 0 unspecified atom stereocenters. The number of ether oxygens (including phenoxy) is 2. The molecule has 7 nitrogen and oxygen atoms in total. The topological polar surface area (TPSA) is 84.9 Å². The SMILES string of the molecule is COc1cc(/C=C2\C(=O)NC(=O)N(c3ccccc3)C2=O)ccc1OCc1cccc(F)c1. The van der Waals surface area contributed by atoms with Crippen LogP contribution in [0.1, 0.15) is 11.1 Å². The highest BCUT2D eigenvalue weighted by atomic mass is 19.1. The first-order chi connectivity index (χ1) is 16.0. The molecule has 0 radical (unpaired) electrons. The minimum Gasteiger partial charge on any atom is -0.493 e. The van der Waals surface area contributed by atoms with Gasteiger partial charge in [-0.05, 0) is 53.6 Å². The molecular formula is C25H19FN2O5. The Morgan fingerprint density at radius 1 is 0.939 bits per heavy atom. The van der Waals surface area contributed by atoms with Gasteiger partial charge in [-0.15, -0.1) is 0 Å². The van der Waals surface area contributed by atoms with Crippen molar-refractivity contribution in [1.82, 2.24) is 5.32 Å². The van der Waals surface area contributed by atoms with Crippen molar-refractivity contribution >= 4 is 29.6 Å². The number of rotatable bonds is 6. The number of benzene rings is 3. The summed E-state index contributed by atoms with van der Waals surface area (Å²) in [5.41, 5.74) is 1.29. The van der Waals surface area contributed by atoms with Crippen LogP contribution < -0.4 is 19.7 Å². The lowest BCUT2D eigenvalue weighted by molar-refractivity contribution is -0.122. The number of hydrogen-bond acceptors (Lipinski definition) is 5. The highest BCUT2D eigenvalue weighted by Gasteiger charge is 2.36. The van der Waals surface area contributed by atoms with Gasteiger partial charge in [-0.1, -0.05) is 36.4 Å². The van der Waals surface area contributed by atoms with Gasteiger partial charge in [0.15, 0.2) is 11.5 Å². The molecule has 1 fully saturated rings. The fourth-order valence-electron chi connectivity index (χ4n) is 3.32. The molecule has 0 aromatic heterocycles. The molecule has 4 amide bonds. The third-order valence-corrected chi connectivity index (χ3v) is 4.90. The Morgan fingerprint density at radius 3 is 2.45 bits per heavy atom.